The largest absolute Gasteiger partial charge is 0.463 e. The first-order chi connectivity index (χ1) is 14.9. The fourth-order valence-corrected chi connectivity index (χ4v) is 3.89. The van der Waals surface area contributed by atoms with Gasteiger partial charge in [0.1, 0.15) is 5.78 Å². The molecule has 5 heteroatoms. The number of allylic oxidation sites excluding steroid dienone is 2. The molecule has 0 aliphatic heterocycles. The molecule has 1 aliphatic rings. The molecule has 1 aromatic rings. The van der Waals surface area contributed by atoms with E-state index in [1.54, 1.807) is 6.08 Å². The number of benzene rings is 1. The summed E-state index contributed by atoms with van der Waals surface area (Å²) in [5, 5.41) is 20.6. The first kappa shape index (κ1) is 25.0. The summed E-state index contributed by atoms with van der Waals surface area (Å²) in [5.41, 5.74) is 1.17. The number of aliphatic hydroxyl groups is 2. The summed E-state index contributed by atoms with van der Waals surface area (Å²) in [7, 11) is 0. The van der Waals surface area contributed by atoms with E-state index in [-0.39, 0.29) is 36.1 Å². The Morgan fingerprint density at radius 3 is 2.68 bits per heavy atom. The number of unbranched alkanes of at least 4 members (excludes halogenated alkanes) is 1. The van der Waals surface area contributed by atoms with Crippen LogP contribution in [0.3, 0.4) is 0 Å². The number of ketones is 1. The van der Waals surface area contributed by atoms with Gasteiger partial charge in [-0.1, -0.05) is 54.6 Å². The van der Waals surface area contributed by atoms with E-state index in [9.17, 15) is 19.8 Å². The summed E-state index contributed by atoms with van der Waals surface area (Å²) in [6, 6.07) is 9.99. The summed E-state index contributed by atoms with van der Waals surface area (Å²) < 4.78 is 5.10. The summed E-state index contributed by atoms with van der Waals surface area (Å²) in [6.07, 6.45) is 10.00. The summed E-state index contributed by atoms with van der Waals surface area (Å²) in [6.45, 7) is 3.66. The van der Waals surface area contributed by atoms with Gasteiger partial charge >= 0.3 is 5.97 Å². The Labute approximate surface area is 185 Å². The molecule has 0 amide bonds. The van der Waals surface area contributed by atoms with Crippen molar-refractivity contribution in [3.05, 3.63) is 60.2 Å². The fraction of sp³-hybridized carbons (Fsp3) is 0.538. The molecule has 5 nitrogen and oxygen atoms in total. The molecule has 0 aromatic heterocycles. The van der Waals surface area contributed by atoms with Crippen LogP contribution >= 0.6 is 0 Å². The highest BCUT2D eigenvalue weighted by Crippen LogP contribution is 2.33. The van der Waals surface area contributed by atoms with Crippen molar-refractivity contribution in [2.45, 2.75) is 77.1 Å². The van der Waals surface area contributed by atoms with Gasteiger partial charge in [-0.3, -0.25) is 9.59 Å². The van der Waals surface area contributed by atoms with Crippen LogP contribution in [0, 0.1) is 11.8 Å². The van der Waals surface area contributed by atoms with Crippen molar-refractivity contribution in [1.29, 1.82) is 0 Å². The first-order valence-electron chi connectivity index (χ1n) is 11.3. The lowest BCUT2D eigenvalue weighted by Crippen LogP contribution is -2.19. The number of ether oxygens (including phenoxy) is 1. The van der Waals surface area contributed by atoms with Gasteiger partial charge in [0, 0.05) is 24.7 Å². The maximum absolute atomic E-state index is 12.3. The van der Waals surface area contributed by atoms with Crippen LogP contribution in [0.5, 0.6) is 0 Å². The van der Waals surface area contributed by atoms with E-state index in [4.69, 9.17) is 4.74 Å². The highest BCUT2D eigenvalue weighted by molar-refractivity contribution is 5.84. The van der Waals surface area contributed by atoms with Crippen molar-refractivity contribution in [3.8, 4) is 0 Å². The third kappa shape index (κ3) is 9.19. The average molecular weight is 429 g/mol. The molecule has 0 heterocycles. The lowest BCUT2D eigenvalue weighted by Gasteiger charge is -2.16. The molecule has 0 radical (unpaired) electrons. The number of hydrogen-bond acceptors (Lipinski definition) is 5. The minimum atomic E-state index is -0.700. The number of esters is 1. The van der Waals surface area contributed by atoms with Crippen LogP contribution in [0.25, 0.3) is 0 Å². The number of carbonyl (C=O) groups is 2. The van der Waals surface area contributed by atoms with Crippen LogP contribution in [-0.2, 0) is 20.7 Å². The maximum Gasteiger partial charge on any atom is 0.306 e. The number of carbonyl (C=O) groups excluding carboxylic acids is 2. The third-order valence-corrected chi connectivity index (χ3v) is 5.54. The zero-order valence-corrected chi connectivity index (χ0v) is 18.7. The smallest absolute Gasteiger partial charge is 0.306 e. The number of rotatable bonds is 12. The average Bonchev–Trinajstić information content (AvgIpc) is 3.00. The van der Waals surface area contributed by atoms with Crippen LogP contribution < -0.4 is 0 Å². The second kappa shape index (κ2) is 13.2. The van der Waals surface area contributed by atoms with Crippen molar-refractivity contribution >= 4 is 11.8 Å². The Morgan fingerprint density at radius 2 is 1.97 bits per heavy atom. The molecule has 0 bridgehead atoms. The molecule has 2 N–H and O–H groups in total. The van der Waals surface area contributed by atoms with Gasteiger partial charge in [0.15, 0.2) is 0 Å². The molecule has 31 heavy (non-hydrogen) atoms. The monoisotopic (exact) mass is 428 g/mol. The van der Waals surface area contributed by atoms with E-state index in [1.165, 1.54) is 5.56 Å². The topological polar surface area (TPSA) is 83.8 Å². The van der Waals surface area contributed by atoms with Gasteiger partial charge in [0.05, 0.1) is 18.3 Å². The standard InChI is InChI=1S/C26H36O5/c1-19(2)31-26(30)13-9-4-3-8-12-22-23(25(29)18-24(22)28)17-16-21(27)15-14-20-10-6-5-7-11-20/h3,5-8,10-11,16-17,19,21-23,25,27,29H,4,9,12-15,18H2,1-2H3/b8-3-,17-16+/t21-,22+,23+,25+/m0/s1. The Hall–Kier alpha value is -2.24. The molecule has 4 atom stereocenters. The SMILES string of the molecule is CC(C)OC(=O)CCC/C=C\C[C@H]1C(=O)C[C@@H](O)[C@@H]1/C=C/[C@@H](O)CCc1ccccc1. The lowest BCUT2D eigenvalue weighted by atomic mass is 9.90. The summed E-state index contributed by atoms with van der Waals surface area (Å²) in [4.78, 5) is 23.8. The van der Waals surface area contributed by atoms with Gasteiger partial charge in [0.25, 0.3) is 0 Å². The quantitative estimate of drug-likeness (QED) is 0.297. The van der Waals surface area contributed by atoms with Gasteiger partial charge in [-0.25, -0.2) is 0 Å². The molecular formula is C26H36O5. The van der Waals surface area contributed by atoms with Crippen molar-refractivity contribution in [3.63, 3.8) is 0 Å². The second-order valence-electron chi connectivity index (χ2n) is 8.54. The number of Topliss-reactive ketones (excluding diaryl/α,β-unsaturated/α-hetero) is 1. The van der Waals surface area contributed by atoms with Crippen molar-refractivity contribution in [1.82, 2.24) is 0 Å². The Bertz CT molecular complexity index is 737. The predicted octanol–water partition coefficient (Wildman–Crippen LogP) is 4.17. The normalized spacial score (nSPS) is 22.6. The maximum atomic E-state index is 12.3. The fourth-order valence-electron chi connectivity index (χ4n) is 3.89. The molecular weight excluding hydrogens is 392 g/mol. The van der Waals surface area contributed by atoms with E-state index in [0.29, 0.717) is 25.7 Å². The Kier molecular flexibility index (Phi) is 10.7. The molecule has 0 unspecified atom stereocenters. The van der Waals surface area contributed by atoms with E-state index in [0.717, 1.165) is 12.8 Å². The van der Waals surface area contributed by atoms with E-state index in [1.807, 2.05) is 62.4 Å². The number of aryl methyl sites for hydroxylation is 1. The molecule has 1 fully saturated rings. The van der Waals surface area contributed by atoms with Gasteiger partial charge in [-0.05, 0) is 51.5 Å². The summed E-state index contributed by atoms with van der Waals surface area (Å²) in [5.74, 6) is -0.668. The predicted molar refractivity (Wildman–Crippen MR) is 121 cm³/mol. The first-order valence-corrected chi connectivity index (χ1v) is 11.3. The van der Waals surface area contributed by atoms with Crippen molar-refractivity contribution in [2.75, 3.05) is 0 Å². The van der Waals surface area contributed by atoms with E-state index < -0.39 is 12.2 Å². The summed E-state index contributed by atoms with van der Waals surface area (Å²) >= 11 is 0. The van der Waals surface area contributed by atoms with Crippen LogP contribution in [-0.4, -0.2) is 40.3 Å². The Morgan fingerprint density at radius 1 is 1.23 bits per heavy atom. The molecule has 1 aromatic carbocycles. The van der Waals surface area contributed by atoms with Gasteiger partial charge < -0.3 is 14.9 Å². The highest BCUT2D eigenvalue weighted by Gasteiger charge is 2.39. The second-order valence-corrected chi connectivity index (χ2v) is 8.54. The van der Waals surface area contributed by atoms with Crippen molar-refractivity contribution < 1.29 is 24.5 Å². The van der Waals surface area contributed by atoms with Crippen LogP contribution in [0.15, 0.2) is 54.6 Å². The molecule has 0 saturated heterocycles. The molecule has 2 rings (SSSR count). The molecule has 1 aliphatic carbocycles. The van der Waals surface area contributed by atoms with Gasteiger partial charge in [0.2, 0.25) is 0 Å². The highest BCUT2D eigenvalue weighted by atomic mass is 16.5. The van der Waals surface area contributed by atoms with Gasteiger partial charge in [-0.15, -0.1) is 0 Å². The zero-order valence-electron chi connectivity index (χ0n) is 18.7. The van der Waals surface area contributed by atoms with E-state index in [2.05, 4.69) is 0 Å². The molecule has 0 spiro atoms. The third-order valence-electron chi connectivity index (χ3n) is 5.54. The van der Waals surface area contributed by atoms with Crippen LogP contribution in [0.2, 0.25) is 0 Å². The lowest BCUT2D eigenvalue weighted by molar-refractivity contribution is -0.147. The molecule has 1 saturated carbocycles. The number of aliphatic hydroxyl groups excluding tert-OH is 2. The Balaban J connectivity index is 1.77. The van der Waals surface area contributed by atoms with Crippen LogP contribution in [0.1, 0.15) is 57.9 Å². The van der Waals surface area contributed by atoms with Crippen molar-refractivity contribution in [2.24, 2.45) is 11.8 Å². The van der Waals surface area contributed by atoms with Gasteiger partial charge in [-0.2, -0.15) is 0 Å². The number of hydrogen-bond donors (Lipinski definition) is 2. The van der Waals surface area contributed by atoms with E-state index >= 15 is 0 Å². The molecule has 170 valence electrons. The van der Waals surface area contributed by atoms with Crippen LogP contribution in [0.4, 0.5) is 0 Å². The minimum Gasteiger partial charge on any atom is -0.463 e. The zero-order chi connectivity index (χ0) is 22.6. The minimum absolute atomic E-state index is 0.0612.